The number of benzene rings is 2. The molecule has 21 heavy (non-hydrogen) atoms. The molecule has 0 bridgehead atoms. The Morgan fingerprint density at radius 2 is 1.71 bits per heavy atom. The second kappa shape index (κ2) is 5.90. The molecule has 6 nitrogen and oxygen atoms in total. The van der Waals surface area contributed by atoms with Gasteiger partial charge >= 0.3 is 0 Å². The van der Waals surface area contributed by atoms with E-state index in [-0.39, 0.29) is 11.3 Å². The molecule has 0 fully saturated rings. The van der Waals surface area contributed by atoms with E-state index < -0.39 is 21.9 Å². The maximum atomic E-state index is 13.0. The summed E-state index contributed by atoms with van der Waals surface area (Å²) in [7, 11) is -3.89. The average molecular weight is 309 g/mol. The third kappa shape index (κ3) is 4.55. The van der Waals surface area contributed by atoms with E-state index >= 15 is 0 Å². The predicted octanol–water partition coefficient (Wildman–Crippen LogP) is 1.69. The van der Waals surface area contributed by atoms with Gasteiger partial charge in [0.1, 0.15) is 5.82 Å². The first-order valence-electron chi connectivity index (χ1n) is 5.81. The molecule has 0 saturated carbocycles. The molecular formula is C13H12FN3O3S. The van der Waals surface area contributed by atoms with E-state index in [4.69, 9.17) is 5.14 Å². The van der Waals surface area contributed by atoms with E-state index in [0.717, 1.165) is 6.07 Å². The second-order valence-electron chi connectivity index (χ2n) is 4.19. The van der Waals surface area contributed by atoms with Gasteiger partial charge in [-0.1, -0.05) is 12.1 Å². The van der Waals surface area contributed by atoms with Crippen LogP contribution in [0.4, 0.5) is 15.8 Å². The van der Waals surface area contributed by atoms with Crippen molar-refractivity contribution in [2.75, 3.05) is 10.0 Å². The lowest BCUT2D eigenvalue weighted by atomic mass is 10.2. The minimum atomic E-state index is -3.89. The van der Waals surface area contributed by atoms with Crippen molar-refractivity contribution in [1.29, 1.82) is 0 Å². The zero-order valence-corrected chi connectivity index (χ0v) is 11.5. The molecule has 0 atom stereocenters. The Labute approximate surface area is 121 Å². The number of hydrogen-bond donors (Lipinski definition) is 3. The van der Waals surface area contributed by atoms with Crippen LogP contribution in [0.5, 0.6) is 0 Å². The normalized spacial score (nSPS) is 11.0. The van der Waals surface area contributed by atoms with Gasteiger partial charge in [0.05, 0.1) is 5.69 Å². The predicted molar refractivity (Wildman–Crippen MR) is 77.5 cm³/mol. The molecule has 110 valence electrons. The first kappa shape index (κ1) is 14.9. The Hall–Kier alpha value is -2.45. The largest absolute Gasteiger partial charge is 0.322 e. The second-order valence-corrected chi connectivity index (χ2v) is 5.49. The molecule has 2 aromatic rings. The van der Waals surface area contributed by atoms with E-state index in [1.165, 1.54) is 36.4 Å². The summed E-state index contributed by atoms with van der Waals surface area (Å²) in [4.78, 5) is 11.9. The van der Waals surface area contributed by atoms with Gasteiger partial charge in [0, 0.05) is 11.3 Å². The van der Waals surface area contributed by atoms with Crippen molar-refractivity contribution >= 4 is 27.5 Å². The number of nitrogens with two attached hydrogens (primary N) is 1. The molecule has 0 aliphatic heterocycles. The van der Waals surface area contributed by atoms with Crippen LogP contribution in [-0.4, -0.2) is 14.3 Å². The van der Waals surface area contributed by atoms with Crippen LogP contribution in [0, 0.1) is 5.82 Å². The third-order valence-corrected chi connectivity index (χ3v) is 2.99. The molecule has 0 heterocycles. The smallest absolute Gasteiger partial charge is 0.296 e. The van der Waals surface area contributed by atoms with Gasteiger partial charge in [0.2, 0.25) is 0 Å². The molecule has 0 radical (unpaired) electrons. The van der Waals surface area contributed by atoms with Crippen LogP contribution in [0.3, 0.4) is 0 Å². The summed E-state index contributed by atoms with van der Waals surface area (Å²) >= 11 is 0. The van der Waals surface area contributed by atoms with Gasteiger partial charge in [0.25, 0.3) is 16.1 Å². The van der Waals surface area contributed by atoms with Crippen molar-refractivity contribution in [3.05, 3.63) is 59.9 Å². The lowest BCUT2D eigenvalue weighted by Crippen LogP contribution is -2.21. The summed E-state index contributed by atoms with van der Waals surface area (Å²) < 4.78 is 37.0. The molecule has 0 unspecified atom stereocenters. The van der Waals surface area contributed by atoms with E-state index in [0.29, 0.717) is 5.69 Å². The van der Waals surface area contributed by atoms with Crippen LogP contribution >= 0.6 is 0 Å². The maximum Gasteiger partial charge on any atom is 0.296 e. The van der Waals surface area contributed by atoms with Crippen LogP contribution in [0.2, 0.25) is 0 Å². The number of nitrogens with one attached hydrogen (secondary N) is 2. The molecule has 4 N–H and O–H groups in total. The Bertz CT molecular complexity index is 778. The molecule has 8 heteroatoms. The zero-order valence-electron chi connectivity index (χ0n) is 10.7. The van der Waals surface area contributed by atoms with E-state index in [2.05, 4.69) is 10.0 Å². The van der Waals surface area contributed by atoms with Crippen LogP contribution in [0.25, 0.3) is 0 Å². The van der Waals surface area contributed by atoms with Crippen LogP contribution in [0.1, 0.15) is 10.4 Å². The summed E-state index contributed by atoms with van der Waals surface area (Å²) in [6.45, 7) is 0. The first-order valence-corrected chi connectivity index (χ1v) is 7.36. The fourth-order valence-corrected chi connectivity index (χ4v) is 2.11. The molecular weight excluding hydrogens is 297 g/mol. The van der Waals surface area contributed by atoms with Crippen molar-refractivity contribution in [2.24, 2.45) is 5.14 Å². The summed E-state index contributed by atoms with van der Waals surface area (Å²) in [5, 5.41) is 7.39. The van der Waals surface area contributed by atoms with E-state index in [9.17, 15) is 17.6 Å². The number of carbonyl (C=O) groups is 1. The zero-order chi connectivity index (χ0) is 15.5. The highest BCUT2D eigenvalue weighted by Gasteiger charge is 2.08. The average Bonchev–Trinajstić information content (AvgIpc) is 2.37. The minimum absolute atomic E-state index is 0.153. The third-order valence-electron chi connectivity index (χ3n) is 2.47. The lowest BCUT2D eigenvalue weighted by Gasteiger charge is -2.08. The highest BCUT2D eigenvalue weighted by molar-refractivity contribution is 7.90. The molecule has 0 aliphatic rings. The van der Waals surface area contributed by atoms with Crippen LogP contribution in [-0.2, 0) is 10.2 Å². The van der Waals surface area contributed by atoms with Crippen molar-refractivity contribution in [3.63, 3.8) is 0 Å². The SMILES string of the molecule is NS(=O)(=O)Nc1cccc(NC(=O)c2cccc(F)c2)c1. The standard InChI is InChI=1S/C13H12FN3O3S/c14-10-4-1-3-9(7-10)13(18)16-11-5-2-6-12(8-11)17-21(15,19)20/h1-8,17H,(H,16,18)(H2,15,19,20). The Kier molecular flexibility index (Phi) is 4.20. The van der Waals surface area contributed by atoms with Gasteiger partial charge in [0.15, 0.2) is 0 Å². The highest BCUT2D eigenvalue weighted by atomic mass is 32.2. The van der Waals surface area contributed by atoms with Crippen molar-refractivity contribution < 1.29 is 17.6 Å². The lowest BCUT2D eigenvalue weighted by molar-refractivity contribution is 0.102. The Balaban J connectivity index is 2.16. The number of carbonyl (C=O) groups excluding carboxylic acids is 1. The Morgan fingerprint density at radius 3 is 2.38 bits per heavy atom. The summed E-state index contributed by atoms with van der Waals surface area (Å²) in [6, 6.07) is 11.2. The number of rotatable bonds is 4. The maximum absolute atomic E-state index is 13.0. The van der Waals surface area contributed by atoms with Crippen LogP contribution < -0.4 is 15.2 Å². The number of halogens is 1. The van der Waals surface area contributed by atoms with Crippen molar-refractivity contribution in [3.8, 4) is 0 Å². The fourth-order valence-electron chi connectivity index (χ4n) is 1.66. The summed E-state index contributed by atoms with van der Waals surface area (Å²) in [6.07, 6.45) is 0. The van der Waals surface area contributed by atoms with Crippen molar-refractivity contribution in [2.45, 2.75) is 0 Å². The highest BCUT2D eigenvalue weighted by Crippen LogP contribution is 2.16. The number of anilines is 2. The quantitative estimate of drug-likeness (QED) is 0.801. The molecule has 0 aliphatic carbocycles. The van der Waals surface area contributed by atoms with Gasteiger partial charge in [-0.05, 0) is 36.4 Å². The summed E-state index contributed by atoms with van der Waals surface area (Å²) in [5.41, 5.74) is 0.701. The molecule has 1 amide bonds. The molecule has 0 saturated heterocycles. The molecule has 2 aromatic carbocycles. The van der Waals surface area contributed by atoms with Gasteiger partial charge in [-0.3, -0.25) is 9.52 Å². The Morgan fingerprint density at radius 1 is 1.05 bits per heavy atom. The van der Waals surface area contributed by atoms with Gasteiger partial charge < -0.3 is 5.32 Å². The van der Waals surface area contributed by atoms with E-state index in [1.807, 2.05) is 0 Å². The van der Waals surface area contributed by atoms with Gasteiger partial charge in [-0.25, -0.2) is 9.53 Å². The van der Waals surface area contributed by atoms with Gasteiger partial charge in [-0.2, -0.15) is 8.42 Å². The topological polar surface area (TPSA) is 101 Å². The number of hydrogen-bond acceptors (Lipinski definition) is 3. The minimum Gasteiger partial charge on any atom is -0.322 e. The fraction of sp³-hybridized carbons (Fsp3) is 0. The van der Waals surface area contributed by atoms with Crippen LogP contribution in [0.15, 0.2) is 48.5 Å². The van der Waals surface area contributed by atoms with Crippen molar-refractivity contribution in [1.82, 2.24) is 0 Å². The van der Waals surface area contributed by atoms with Gasteiger partial charge in [-0.15, -0.1) is 0 Å². The monoisotopic (exact) mass is 309 g/mol. The summed E-state index contributed by atoms with van der Waals surface area (Å²) in [5.74, 6) is -1.03. The number of amides is 1. The molecule has 0 aromatic heterocycles. The molecule has 0 spiro atoms. The van der Waals surface area contributed by atoms with E-state index in [1.54, 1.807) is 6.07 Å². The first-order chi connectivity index (χ1) is 9.83. The molecule has 2 rings (SSSR count).